The molecular weight excluding hydrogens is 372 g/mol. The fraction of sp³-hybridized carbons (Fsp3) is 0.235. The third-order valence-corrected chi connectivity index (χ3v) is 4.71. The van der Waals surface area contributed by atoms with Gasteiger partial charge in [0.2, 0.25) is 0 Å². The van der Waals surface area contributed by atoms with Gasteiger partial charge in [0, 0.05) is 34.9 Å². The van der Waals surface area contributed by atoms with Crippen molar-refractivity contribution >= 4 is 33.0 Å². The average Bonchev–Trinajstić information content (AvgIpc) is 3.08. The molecule has 1 N–H and O–H groups in total. The first kappa shape index (κ1) is 15.3. The molecule has 0 spiro atoms. The fourth-order valence-electron chi connectivity index (χ4n) is 2.74. The second-order valence-electron chi connectivity index (χ2n) is 5.56. The van der Waals surface area contributed by atoms with E-state index in [1.54, 1.807) is 6.20 Å². The largest absolute Gasteiger partial charge is 0.378 e. The highest BCUT2D eigenvalue weighted by molar-refractivity contribution is 9.10. The molecule has 2 aromatic heterocycles. The number of aromatic amines is 1. The maximum atomic E-state index is 12.5. The summed E-state index contributed by atoms with van der Waals surface area (Å²) in [7, 11) is 0. The van der Waals surface area contributed by atoms with Crippen LogP contribution in [0.25, 0.3) is 22.6 Å². The van der Waals surface area contributed by atoms with Gasteiger partial charge in [-0.15, -0.1) is 0 Å². The Morgan fingerprint density at radius 2 is 1.92 bits per heavy atom. The van der Waals surface area contributed by atoms with Gasteiger partial charge < -0.3 is 14.6 Å². The predicted octanol–water partition coefficient (Wildman–Crippen LogP) is 2.86. The molecule has 1 fully saturated rings. The molecule has 0 atom stereocenters. The van der Waals surface area contributed by atoms with Crippen LogP contribution in [0.5, 0.6) is 0 Å². The lowest BCUT2D eigenvalue weighted by atomic mass is 10.1. The van der Waals surface area contributed by atoms with Crippen LogP contribution in [0.4, 0.5) is 0 Å². The summed E-state index contributed by atoms with van der Waals surface area (Å²) in [5.74, 6) is 0.772. The van der Waals surface area contributed by atoms with E-state index in [2.05, 4.69) is 30.9 Å². The number of H-pyrrole nitrogens is 1. The van der Waals surface area contributed by atoms with Gasteiger partial charge in [0.25, 0.3) is 5.91 Å². The Balaban J connectivity index is 1.60. The highest BCUT2D eigenvalue weighted by Gasteiger charge is 2.18. The summed E-state index contributed by atoms with van der Waals surface area (Å²) in [6.45, 7) is 2.49. The standard InChI is InChI=1S/C17H15BrN4O2/c18-13-5-6-19-16-14(13)20-15(21-16)11-1-3-12(4-2-11)17(23)22-7-9-24-10-8-22/h1-6H,7-10H2,(H,19,20,21). The molecule has 3 aromatic rings. The van der Waals surface area contributed by atoms with Crippen LogP contribution in [0.2, 0.25) is 0 Å². The third-order valence-electron chi connectivity index (χ3n) is 4.04. The van der Waals surface area contributed by atoms with E-state index >= 15 is 0 Å². The normalized spacial score (nSPS) is 15.0. The highest BCUT2D eigenvalue weighted by atomic mass is 79.9. The van der Waals surface area contributed by atoms with Crippen LogP contribution in [0.1, 0.15) is 10.4 Å². The molecule has 1 saturated heterocycles. The molecule has 0 aliphatic carbocycles. The van der Waals surface area contributed by atoms with Gasteiger partial charge in [0.15, 0.2) is 5.65 Å². The molecule has 0 radical (unpaired) electrons. The second kappa shape index (κ2) is 6.33. The summed E-state index contributed by atoms with van der Waals surface area (Å²) in [6, 6.07) is 9.35. The lowest BCUT2D eigenvalue weighted by Crippen LogP contribution is -2.40. The van der Waals surface area contributed by atoms with Crippen molar-refractivity contribution in [3.05, 3.63) is 46.6 Å². The maximum absolute atomic E-state index is 12.5. The van der Waals surface area contributed by atoms with E-state index in [1.165, 1.54) is 0 Å². The molecule has 4 rings (SSSR count). The van der Waals surface area contributed by atoms with Crippen molar-refractivity contribution in [2.45, 2.75) is 0 Å². The number of hydrogen-bond acceptors (Lipinski definition) is 4. The Bertz CT molecular complexity index is 885. The topological polar surface area (TPSA) is 71.1 Å². The second-order valence-corrected chi connectivity index (χ2v) is 6.41. The summed E-state index contributed by atoms with van der Waals surface area (Å²) in [6.07, 6.45) is 1.71. The zero-order valence-electron chi connectivity index (χ0n) is 12.8. The molecule has 1 amide bonds. The molecule has 0 saturated carbocycles. The molecule has 122 valence electrons. The Labute approximate surface area is 147 Å². The number of pyridine rings is 1. The van der Waals surface area contributed by atoms with Crippen molar-refractivity contribution in [2.24, 2.45) is 0 Å². The number of carbonyl (C=O) groups excluding carboxylic acids is 1. The Morgan fingerprint density at radius 3 is 2.62 bits per heavy atom. The van der Waals surface area contributed by atoms with E-state index in [-0.39, 0.29) is 5.91 Å². The summed E-state index contributed by atoms with van der Waals surface area (Å²) in [5, 5.41) is 0. The van der Waals surface area contributed by atoms with Crippen LogP contribution < -0.4 is 0 Å². The molecule has 3 heterocycles. The van der Waals surface area contributed by atoms with E-state index in [9.17, 15) is 4.79 Å². The summed E-state index contributed by atoms with van der Waals surface area (Å²) in [4.78, 5) is 26.3. The lowest BCUT2D eigenvalue weighted by Gasteiger charge is -2.26. The summed E-state index contributed by atoms with van der Waals surface area (Å²) < 4.78 is 6.21. The number of nitrogens with one attached hydrogen (secondary N) is 1. The van der Waals surface area contributed by atoms with E-state index in [1.807, 2.05) is 35.2 Å². The SMILES string of the molecule is O=C(c1ccc(-c2nc3nccc(Br)c3[nH]2)cc1)N1CCOCC1. The minimum Gasteiger partial charge on any atom is -0.378 e. The fourth-order valence-corrected chi connectivity index (χ4v) is 3.13. The van der Waals surface area contributed by atoms with E-state index in [0.717, 1.165) is 21.4 Å². The summed E-state index contributed by atoms with van der Waals surface area (Å²) in [5.41, 5.74) is 3.11. The quantitative estimate of drug-likeness (QED) is 0.734. The van der Waals surface area contributed by atoms with Gasteiger partial charge in [0.05, 0.1) is 18.7 Å². The van der Waals surface area contributed by atoms with Gasteiger partial charge in [-0.2, -0.15) is 0 Å². The van der Waals surface area contributed by atoms with E-state index in [4.69, 9.17) is 4.74 Å². The Morgan fingerprint density at radius 1 is 1.17 bits per heavy atom. The molecule has 6 nitrogen and oxygen atoms in total. The van der Waals surface area contributed by atoms with Gasteiger partial charge in [0.1, 0.15) is 5.82 Å². The van der Waals surface area contributed by atoms with Gasteiger partial charge in [-0.3, -0.25) is 4.79 Å². The zero-order chi connectivity index (χ0) is 16.5. The minimum absolute atomic E-state index is 0.0406. The number of morpholine rings is 1. The first-order valence-electron chi connectivity index (χ1n) is 7.70. The lowest BCUT2D eigenvalue weighted by molar-refractivity contribution is 0.0303. The van der Waals surface area contributed by atoms with E-state index in [0.29, 0.717) is 37.5 Å². The molecule has 0 unspecified atom stereocenters. The van der Waals surface area contributed by atoms with Gasteiger partial charge in [-0.25, -0.2) is 9.97 Å². The number of aromatic nitrogens is 3. The molecule has 1 aromatic carbocycles. The number of imidazole rings is 1. The molecular formula is C17H15BrN4O2. The monoisotopic (exact) mass is 386 g/mol. The molecule has 0 bridgehead atoms. The first-order chi connectivity index (χ1) is 11.7. The molecule has 1 aliphatic heterocycles. The van der Waals surface area contributed by atoms with E-state index < -0.39 is 0 Å². The average molecular weight is 387 g/mol. The predicted molar refractivity (Wildman–Crippen MR) is 93.7 cm³/mol. The molecule has 7 heteroatoms. The number of hydrogen-bond donors (Lipinski definition) is 1. The third kappa shape index (κ3) is 2.81. The maximum Gasteiger partial charge on any atom is 0.254 e. The van der Waals surface area contributed by atoms with Crippen molar-refractivity contribution in [1.82, 2.24) is 19.9 Å². The number of nitrogens with zero attached hydrogens (tertiary/aromatic N) is 3. The van der Waals surface area contributed by atoms with Crippen LogP contribution in [0, 0.1) is 0 Å². The number of amides is 1. The van der Waals surface area contributed by atoms with Crippen LogP contribution in [-0.4, -0.2) is 52.1 Å². The van der Waals surface area contributed by atoms with Crippen molar-refractivity contribution in [3.8, 4) is 11.4 Å². The Kier molecular flexibility index (Phi) is 4.03. The smallest absolute Gasteiger partial charge is 0.254 e. The van der Waals surface area contributed by atoms with Crippen molar-refractivity contribution in [2.75, 3.05) is 26.3 Å². The molecule has 24 heavy (non-hydrogen) atoms. The van der Waals surface area contributed by atoms with Crippen LogP contribution >= 0.6 is 15.9 Å². The highest BCUT2D eigenvalue weighted by Crippen LogP contribution is 2.24. The number of rotatable bonds is 2. The number of benzene rings is 1. The van der Waals surface area contributed by atoms with Gasteiger partial charge in [-0.1, -0.05) is 12.1 Å². The number of carbonyl (C=O) groups is 1. The van der Waals surface area contributed by atoms with Crippen molar-refractivity contribution in [3.63, 3.8) is 0 Å². The minimum atomic E-state index is 0.0406. The number of fused-ring (bicyclic) bond motifs is 1. The van der Waals surface area contributed by atoms with Crippen LogP contribution in [0.3, 0.4) is 0 Å². The number of ether oxygens (including phenoxy) is 1. The zero-order valence-corrected chi connectivity index (χ0v) is 14.4. The van der Waals surface area contributed by atoms with Crippen molar-refractivity contribution < 1.29 is 9.53 Å². The van der Waals surface area contributed by atoms with Gasteiger partial charge >= 0.3 is 0 Å². The first-order valence-corrected chi connectivity index (χ1v) is 8.49. The summed E-state index contributed by atoms with van der Waals surface area (Å²) >= 11 is 3.49. The number of halogens is 1. The van der Waals surface area contributed by atoms with Crippen LogP contribution in [-0.2, 0) is 4.74 Å². The van der Waals surface area contributed by atoms with Crippen molar-refractivity contribution in [1.29, 1.82) is 0 Å². The molecule has 1 aliphatic rings. The van der Waals surface area contributed by atoms with Gasteiger partial charge in [-0.05, 0) is 34.1 Å². The Hall–Kier alpha value is -2.25. The van der Waals surface area contributed by atoms with Crippen LogP contribution in [0.15, 0.2) is 41.0 Å².